The SMILES string of the molecule is O=C(/C=C/c1ccccc1F)NCc1cn[nH]c1. The van der Waals surface area contributed by atoms with E-state index in [1.807, 2.05) is 0 Å². The molecule has 2 N–H and O–H groups in total. The number of nitrogens with zero attached hydrogens (tertiary/aromatic N) is 1. The van der Waals surface area contributed by atoms with Crippen molar-refractivity contribution < 1.29 is 9.18 Å². The third kappa shape index (κ3) is 3.28. The third-order valence-electron chi connectivity index (χ3n) is 2.34. The lowest BCUT2D eigenvalue weighted by Crippen LogP contribution is -2.19. The second-order valence-electron chi connectivity index (χ2n) is 3.68. The average Bonchev–Trinajstić information content (AvgIpc) is 2.88. The van der Waals surface area contributed by atoms with E-state index in [9.17, 15) is 9.18 Å². The van der Waals surface area contributed by atoms with Crippen molar-refractivity contribution in [2.45, 2.75) is 6.54 Å². The van der Waals surface area contributed by atoms with Crippen LogP contribution in [-0.4, -0.2) is 16.1 Å². The summed E-state index contributed by atoms with van der Waals surface area (Å²) in [7, 11) is 0. The van der Waals surface area contributed by atoms with Crippen LogP contribution in [0.1, 0.15) is 11.1 Å². The standard InChI is InChI=1S/C13H12FN3O/c14-12-4-2-1-3-11(12)5-6-13(18)15-7-10-8-16-17-9-10/h1-6,8-9H,7H2,(H,15,18)(H,16,17)/b6-5+. The van der Waals surface area contributed by atoms with Gasteiger partial charge in [-0.2, -0.15) is 5.10 Å². The highest BCUT2D eigenvalue weighted by Gasteiger charge is 1.99. The Morgan fingerprint density at radius 3 is 3.00 bits per heavy atom. The van der Waals surface area contributed by atoms with Crippen LogP contribution in [0.2, 0.25) is 0 Å². The van der Waals surface area contributed by atoms with Crippen LogP contribution in [0.5, 0.6) is 0 Å². The van der Waals surface area contributed by atoms with E-state index < -0.39 is 0 Å². The fraction of sp³-hybridized carbons (Fsp3) is 0.0769. The molecule has 0 fully saturated rings. The molecular formula is C13H12FN3O. The van der Waals surface area contributed by atoms with Crippen LogP contribution in [0.15, 0.2) is 42.7 Å². The summed E-state index contributed by atoms with van der Waals surface area (Å²) in [6.45, 7) is 0.386. The fourth-order valence-corrected chi connectivity index (χ4v) is 1.40. The number of nitrogens with one attached hydrogen (secondary N) is 2. The zero-order valence-electron chi connectivity index (χ0n) is 9.56. The van der Waals surface area contributed by atoms with Gasteiger partial charge in [-0.15, -0.1) is 0 Å². The van der Waals surface area contributed by atoms with E-state index in [1.165, 1.54) is 18.2 Å². The molecule has 2 rings (SSSR count). The summed E-state index contributed by atoms with van der Waals surface area (Å²) in [4.78, 5) is 11.5. The highest BCUT2D eigenvalue weighted by Crippen LogP contribution is 2.07. The van der Waals surface area contributed by atoms with E-state index in [1.54, 1.807) is 30.6 Å². The molecule has 1 amide bonds. The first-order chi connectivity index (χ1) is 8.75. The van der Waals surface area contributed by atoms with Gasteiger partial charge in [0.05, 0.1) is 6.20 Å². The predicted octanol–water partition coefficient (Wildman–Crippen LogP) is 1.88. The van der Waals surface area contributed by atoms with Crippen molar-refractivity contribution in [3.63, 3.8) is 0 Å². The number of carbonyl (C=O) groups is 1. The molecule has 4 nitrogen and oxygen atoms in total. The molecule has 5 heteroatoms. The maximum atomic E-state index is 13.3. The maximum absolute atomic E-state index is 13.3. The lowest BCUT2D eigenvalue weighted by Gasteiger charge is -1.99. The van der Waals surface area contributed by atoms with Crippen molar-refractivity contribution in [3.8, 4) is 0 Å². The Morgan fingerprint density at radius 1 is 1.44 bits per heavy atom. The Morgan fingerprint density at radius 2 is 2.28 bits per heavy atom. The molecule has 0 bridgehead atoms. The summed E-state index contributed by atoms with van der Waals surface area (Å²) in [5.41, 5.74) is 1.26. The van der Waals surface area contributed by atoms with Crippen molar-refractivity contribution in [3.05, 3.63) is 59.7 Å². The summed E-state index contributed by atoms with van der Waals surface area (Å²) < 4.78 is 13.3. The zero-order valence-corrected chi connectivity index (χ0v) is 9.56. The maximum Gasteiger partial charge on any atom is 0.244 e. The number of H-pyrrole nitrogens is 1. The molecule has 0 atom stereocenters. The monoisotopic (exact) mass is 245 g/mol. The number of amides is 1. The number of hydrogen-bond donors (Lipinski definition) is 2. The normalized spacial score (nSPS) is 10.7. The molecule has 0 unspecified atom stereocenters. The number of benzene rings is 1. The second kappa shape index (κ2) is 5.77. The minimum absolute atomic E-state index is 0.278. The molecule has 0 saturated heterocycles. The van der Waals surface area contributed by atoms with Gasteiger partial charge in [-0.05, 0) is 12.1 Å². The zero-order chi connectivity index (χ0) is 12.8. The molecule has 2 aromatic rings. The highest BCUT2D eigenvalue weighted by molar-refractivity contribution is 5.91. The summed E-state index contributed by atoms with van der Waals surface area (Å²) in [5.74, 6) is -0.629. The van der Waals surface area contributed by atoms with Gasteiger partial charge in [-0.25, -0.2) is 4.39 Å². The molecule has 1 aromatic carbocycles. The summed E-state index contributed by atoms with van der Waals surface area (Å²) >= 11 is 0. The van der Waals surface area contributed by atoms with Crippen LogP contribution in [0, 0.1) is 5.82 Å². The number of carbonyl (C=O) groups excluding carboxylic acids is 1. The molecule has 0 aliphatic heterocycles. The molecular weight excluding hydrogens is 233 g/mol. The van der Waals surface area contributed by atoms with Crippen molar-refractivity contribution in [2.75, 3.05) is 0 Å². The van der Waals surface area contributed by atoms with Gasteiger partial charge in [0.25, 0.3) is 0 Å². The molecule has 0 saturated carbocycles. The smallest absolute Gasteiger partial charge is 0.244 e. The molecule has 18 heavy (non-hydrogen) atoms. The Balaban J connectivity index is 1.89. The number of halogens is 1. The van der Waals surface area contributed by atoms with Gasteiger partial charge >= 0.3 is 0 Å². The van der Waals surface area contributed by atoms with Gasteiger partial charge in [0.2, 0.25) is 5.91 Å². The van der Waals surface area contributed by atoms with Crippen LogP contribution >= 0.6 is 0 Å². The van der Waals surface area contributed by atoms with Crippen molar-refractivity contribution in [1.82, 2.24) is 15.5 Å². The Bertz CT molecular complexity index is 549. The van der Waals surface area contributed by atoms with Gasteiger partial charge in [-0.3, -0.25) is 9.89 Å². The topological polar surface area (TPSA) is 57.8 Å². The first-order valence-corrected chi connectivity index (χ1v) is 5.44. The Labute approximate surface area is 104 Å². The average molecular weight is 245 g/mol. The predicted molar refractivity (Wildman–Crippen MR) is 65.9 cm³/mol. The Hall–Kier alpha value is -2.43. The number of rotatable bonds is 4. The van der Waals surface area contributed by atoms with Crippen LogP contribution in [-0.2, 0) is 11.3 Å². The molecule has 1 aromatic heterocycles. The summed E-state index contributed by atoms with van der Waals surface area (Å²) in [6, 6.07) is 6.27. The number of aromatic nitrogens is 2. The molecule has 0 spiro atoms. The van der Waals surface area contributed by atoms with Crippen LogP contribution in [0.3, 0.4) is 0 Å². The fourth-order valence-electron chi connectivity index (χ4n) is 1.40. The molecule has 1 heterocycles. The van der Waals surface area contributed by atoms with Crippen LogP contribution in [0.25, 0.3) is 6.08 Å². The largest absolute Gasteiger partial charge is 0.348 e. The van der Waals surface area contributed by atoms with E-state index in [0.29, 0.717) is 12.1 Å². The van der Waals surface area contributed by atoms with Gasteiger partial charge in [0.1, 0.15) is 5.82 Å². The third-order valence-corrected chi connectivity index (χ3v) is 2.34. The molecule has 0 aliphatic rings. The van der Waals surface area contributed by atoms with Crippen LogP contribution in [0.4, 0.5) is 4.39 Å². The van der Waals surface area contributed by atoms with Gasteiger partial charge < -0.3 is 5.32 Å². The van der Waals surface area contributed by atoms with E-state index in [-0.39, 0.29) is 11.7 Å². The van der Waals surface area contributed by atoms with Crippen molar-refractivity contribution in [2.24, 2.45) is 0 Å². The number of hydrogen-bond acceptors (Lipinski definition) is 2. The van der Waals surface area contributed by atoms with Crippen molar-refractivity contribution in [1.29, 1.82) is 0 Å². The first kappa shape index (κ1) is 12.0. The summed E-state index contributed by atoms with van der Waals surface area (Å²) in [6.07, 6.45) is 6.07. The molecule has 0 aliphatic carbocycles. The molecule has 92 valence electrons. The van der Waals surface area contributed by atoms with E-state index in [2.05, 4.69) is 15.5 Å². The van der Waals surface area contributed by atoms with Gasteiger partial charge in [-0.1, -0.05) is 18.2 Å². The minimum atomic E-state index is -0.351. The lowest BCUT2D eigenvalue weighted by atomic mass is 10.2. The van der Waals surface area contributed by atoms with Crippen molar-refractivity contribution >= 4 is 12.0 Å². The number of aromatic amines is 1. The highest BCUT2D eigenvalue weighted by atomic mass is 19.1. The van der Waals surface area contributed by atoms with Gasteiger partial charge in [0, 0.05) is 29.9 Å². The van der Waals surface area contributed by atoms with E-state index in [4.69, 9.17) is 0 Å². The minimum Gasteiger partial charge on any atom is -0.348 e. The Kier molecular flexibility index (Phi) is 3.86. The lowest BCUT2D eigenvalue weighted by molar-refractivity contribution is -0.116. The summed E-state index contributed by atoms with van der Waals surface area (Å²) in [5, 5.41) is 9.08. The van der Waals surface area contributed by atoms with Crippen LogP contribution < -0.4 is 5.32 Å². The second-order valence-corrected chi connectivity index (χ2v) is 3.68. The van der Waals surface area contributed by atoms with Gasteiger partial charge in [0.15, 0.2) is 0 Å². The quantitative estimate of drug-likeness (QED) is 0.808. The van der Waals surface area contributed by atoms with E-state index >= 15 is 0 Å². The first-order valence-electron chi connectivity index (χ1n) is 5.44. The van der Waals surface area contributed by atoms with E-state index in [0.717, 1.165) is 5.56 Å². The molecule has 0 radical (unpaired) electrons.